The Balaban J connectivity index is 2.17. The molecule has 0 saturated heterocycles. The molecule has 0 aromatic heterocycles. The van der Waals surface area contributed by atoms with Crippen LogP contribution >= 0.6 is 11.6 Å². The van der Waals surface area contributed by atoms with Gasteiger partial charge in [0.1, 0.15) is 0 Å². The van der Waals surface area contributed by atoms with Crippen LogP contribution in [0.3, 0.4) is 0 Å². The first-order chi connectivity index (χ1) is 9.63. The van der Waals surface area contributed by atoms with Gasteiger partial charge in [-0.3, -0.25) is 9.79 Å². The fourth-order valence-electron chi connectivity index (χ4n) is 2.40. The van der Waals surface area contributed by atoms with Gasteiger partial charge in [-0.15, -0.1) is 0 Å². The highest BCUT2D eigenvalue weighted by Gasteiger charge is 2.18. The van der Waals surface area contributed by atoms with Crippen molar-refractivity contribution in [1.29, 1.82) is 0 Å². The number of nitrogens with zero attached hydrogens (tertiary/aromatic N) is 1. The van der Waals surface area contributed by atoms with Crippen molar-refractivity contribution in [3.63, 3.8) is 0 Å². The van der Waals surface area contributed by atoms with Gasteiger partial charge in [-0.25, -0.2) is 0 Å². The summed E-state index contributed by atoms with van der Waals surface area (Å²) in [5.41, 5.74) is 5.04. The Morgan fingerprint density at radius 1 is 1.10 bits per heavy atom. The van der Waals surface area contributed by atoms with Crippen molar-refractivity contribution in [3.8, 4) is 0 Å². The van der Waals surface area contributed by atoms with Crippen molar-refractivity contribution in [1.82, 2.24) is 0 Å². The lowest BCUT2D eigenvalue weighted by Crippen LogP contribution is -2.06. The zero-order valence-corrected chi connectivity index (χ0v) is 11.9. The standard InChI is InChI=1S/C17H14ClNO/c1-11-2-4-12(5-3-11)17-16-9-14(18)7-6-13(16)8-15(20)10-19-17/h2-7,9H,8,10H2,1H3. The molecule has 2 aromatic carbocycles. The van der Waals surface area contributed by atoms with Crippen LogP contribution in [0.4, 0.5) is 0 Å². The molecule has 1 heterocycles. The van der Waals surface area contributed by atoms with E-state index < -0.39 is 0 Å². The zero-order valence-electron chi connectivity index (χ0n) is 11.2. The maximum atomic E-state index is 11.8. The molecule has 3 rings (SSSR count). The van der Waals surface area contributed by atoms with Crippen LogP contribution < -0.4 is 0 Å². The number of benzene rings is 2. The van der Waals surface area contributed by atoms with E-state index in [1.807, 2.05) is 37.3 Å². The average molecular weight is 284 g/mol. The highest BCUT2D eigenvalue weighted by Crippen LogP contribution is 2.23. The molecular weight excluding hydrogens is 270 g/mol. The lowest BCUT2D eigenvalue weighted by atomic mass is 9.95. The van der Waals surface area contributed by atoms with E-state index in [1.54, 1.807) is 0 Å². The molecule has 0 fully saturated rings. The largest absolute Gasteiger partial charge is 0.297 e. The van der Waals surface area contributed by atoms with Crippen molar-refractivity contribution in [3.05, 3.63) is 69.7 Å². The van der Waals surface area contributed by atoms with E-state index in [9.17, 15) is 4.79 Å². The molecule has 0 amide bonds. The molecule has 100 valence electrons. The molecule has 20 heavy (non-hydrogen) atoms. The van der Waals surface area contributed by atoms with Gasteiger partial charge >= 0.3 is 0 Å². The quantitative estimate of drug-likeness (QED) is 0.786. The first-order valence-corrected chi connectivity index (χ1v) is 6.93. The maximum Gasteiger partial charge on any atom is 0.158 e. The number of carbonyl (C=O) groups is 1. The number of aryl methyl sites for hydroxylation is 1. The van der Waals surface area contributed by atoms with E-state index in [0.29, 0.717) is 11.4 Å². The van der Waals surface area contributed by atoms with Gasteiger partial charge in [0.2, 0.25) is 0 Å². The third-order valence-corrected chi connectivity index (χ3v) is 3.69. The van der Waals surface area contributed by atoms with Gasteiger partial charge in [0.15, 0.2) is 5.78 Å². The summed E-state index contributed by atoms with van der Waals surface area (Å²) < 4.78 is 0. The van der Waals surface area contributed by atoms with Crippen LogP contribution in [0, 0.1) is 6.92 Å². The number of hydrogen-bond donors (Lipinski definition) is 0. The van der Waals surface area contributed by atoms with E-state index in [2.05, 4.69) is 17.1 Å². The molecular formula is C17H14ClNO. The van der Waals surface area contributed by atoms with Gasteiger partial charge in [-0.2, -0.15) is 0 Å². The minimum atomic E-state index is 0.135. The molecule has 0 N–H and O–H groups in total. The van der Waals surface area contributed by atoms with E-state index in [-0.39, 0.29) is 12.3 Å². The number of fused-ring (bicyclic) bond motifs is 1. The fourth-order valence-corrected chi connectivity index (χ4v) is 2.57. The molecule has 1 aliphatic rings. The van der Waals surface area contributed by atoms with Crippen molar-refractivity contribution >= 4 is 23.1 Å². The number of halogens is 1. The lowest BCUT2D eigenvalue weighted by Gasteiger charge is -2.10. The van der Waals surface area contributed by atoms with Gasteiger partial charge in [-0.1, -0.05) is 47.5 Å². The second-order valence-corrected chi connectivity index (χ2v) is 5.48. The van der Waals surface area contributed by atoms with Gasteiger partial charge in [0.25, 0.3) is 0 Å². The van der Waals surface area contributed by atoms with Gasteiger partial charge in [-0.05, 0) is 24.6 Å². The van der Waals surface area contributed by atoms with Crippen LogP contribution in [0.15, 0.2) is 47.5 Å². The number of aliphatic imine (C=N–C) groups is 1. The second-order valence-electron chi connectivity index (χ2n) is 5.05. The molecule has 2 aromatic rings. The summed E-state index contributed by atoms with van der Waals surface area (Å²) in [6.07, 6.45) is 0.422. The van der Waals surface area contributed by atoms with Crippen molar-refractivity contribution in [2.75, 3.05) is 6.54 Å². The summed E-state index contributed by atoms with van der Waals surface area (Å²) in [4.78, 5) is 16.3. The van der Waals surface area contributed by atoms with Crippen LogP contribution in [0.2, 0.25) is 5.02 Å². The molecule has 1 aliphatic heterocycles. The monoisotopic (exact) mass is 283 g/mol. The fraction of sp³-hybridized carbons (Fsp3) is 0.176. The molecule has 2 nitrogen and oxygen atoms in total. The molecule has 0 atom stereocenters. The normalized spacial score (nSPS) is 14.5. The SMILES string of the molecule is Cc1ccc(C2=NCC(=O)Cc3ccc(Cl)cc32)cc1. The Hall–Kier alpha value is -1.93. The Morgan fingerprint density at radius 2 is 1.85 bits per heavy atom. The summed E-state index contributed by atoms with van der Waals surface area (Å²) in [6.45, 7) is 2.28. The third-order valence-electron chi connectivity index (χ3n) is 3.45. The molecule has 0 bridgehead atoms. The summed E-state index contributed by atoms with van der Waals surface area (Å²) in [5, 5.41) is 0.665. The van der Waals surface area contributed by atoms with E-state index in [0.717, 1.165) is 22.4 Å². The van der Waals surface area contributed by atoms with E-state index in [4.69, 9.17) is 11.6 Å². The number of hydrogen-bond acceptors (Lipinski definition) is 2. The van der Waals surface area contributed by atoms with Crippen LogP contribution in [-0.2, 0) is 11.2 Å². The zero-order chi connectivity index (χ0) is 14.1. The summed E-state index contributed by atoms with van der Waals surface area (Å²) in [6, 6.07) is 13.8. The molecule has 3 heteroatoms. The Labute approximate surface area is 123 Å². The summed E-state index contributed by atoms with van der Waals surface area (Å²) in [5.74, 6) is 0.135. The van der Waals surface area contributed by atoms with E-state index >= 15 is 0 Å². The van der Waals surface area contributed by atoms with Crippen LogP contribution in [0.1, 0.15) is 22.3 Å². The number of Topliss-reactive ketones (excluding diaryl/α,β-unsaturated/α-hetero) is 1. The molecule has 0 radical (unpaired) electrons. The van der Waals surface area contributed by atoms with Gasteiger partial charge in [0, 0.05) is 22.6 Å². The number of rotatable bonds is 1. The molecule has 0 spiro atoms. The highest BCUT2D eigenvalue weighted by molar-refractivity contribution is 6.31. The van der Waals surface area contributed by atoms with Crippen molar-refractivity contribution < 1.29 is 4.79 Å². The van der Waals surface area contributed by atoms with Crippen molar-refractivity contribution in [2.45, 2.75) is 13.3 Å². The van der Waals surface area contributed by atoms with Crippen LogP contribution in [-0.4, -0.2) is 18.0 Å². The van der Waals surface area contributed by atoms with Gasteiger partial charge in [0.05, 0.1) is 12.3 Å². The maximum absolute atomic E-state index is 11.8. The first-order valence-electron chi connectivity index (χ1n) is 6.55. The predicted molar refractivity (Wildman–Crippen MR) is 81.8 cm³/mol. The Bertz CT molecular complexity index is 701. The average Bonchev–Trinajstić information content (AvgIpc) is 2.58. The smallest absolute Gasteiger partial charge is 0.158 e. The first kappa shape index (κ1) is 13.1. The lowest BCUT2D eigenvalue weighted by molar-refractivity contribution is -0.117. The molecule has 0 unspecified atom stereocenters. The Kier molecular flexibility index (Phi) is 3.41. The summed E-state index contributed by atoms with van der Waals surface area (Å²) in [7, 11) is 0. The van der Waals surface area contributed by atoms with Crippen LogP contribution in [0.25, 0.3) is 0 Å². The number of ketones is 1. The van der Waals surface area contributed by atoms with Gasteiger partial charge < -0.3 is 0 Å². The second kappa shape index (κ2) is 5.22. The third kappa shape index (κ3) is 2.52. The Morgan fingerprint density at radius 3 is 2.60 bits per heavy atom. The molecule has 0 aliphatic carbocycles. The highest BCUT2D eigenvalue weighted by atomic mass is 35.5. The predicted octanol–water partition coefficient (Wildman–Crippen LogP) is 3.61. The van der Waals surface area contributed by atoms with Crippen molar-refractivity contribution in [2.24, 2.45) is 4.99 Å². The minimum absolute atomic E-state index is 0.135. The summed E-state index contributed by atoms with van der Waals surface area (Å²) >= 11 is 6.10. The number of carbonyl (C=O) groups excluding carboxylic acids is 1. The van der Waals surface area contributed by atoms with Crippen LogP contribution in [0.5, 0.6) is 0 Å². The van der Waals surface area contributed by atoms with E-state index in [1.165, 1.54) is 5.56 Å². The molecule has 0 saturated carbocycles. The topological polar surface area (TPSA) is 29.4 Å². The minimum Gasteiger partial charge on any atom is -0.297 e.